The smallest absolute Gasteiger partial charge is 0.328 e. The molecule has 0 saturated heterocycles. The Morgan fingerprint density at radius 1 is 1.18 bits per heavy atom. The Morgan fingerprint density at radius 2 is 1.86 bits per heavy atom. The van der Waals surface area contributed by atoms with Gasteiger partial charge in [0.05, 0.1) is 0 Å². The summed E-state index contributed by atoms with van der Waals surface area (Å²) in [4.78, 5) is 16.5. The number of carbonyl (C=O) groups excluding carboxylic acids is 1. The minimum absolute atomic E-state index is 0.0194. The lowest BCUT2D eigenvalue weighted by Gasteiger charge is -2.34. The molecule has 0 radical (unpaired) electrons. The second kappa shape index (κ2) is 6.46. The number of nitrogens with one attached hydrogen (secondary N) is 1. The predicted molar refractivity (Wildman–Crippen MR) is 97.7 cm³/mol. The second-order valence-electron chi connectivity index (χ2n) is 7.88. The summed E-state index contributed by atoms with van der Waals surface area (Å²) in [5.74, 6) is -0.800. The van der Waals surface area contributed by atoms with Gasteiger partial charge in [0.1, 0.15) is 6.04 Å². The van der Waals surface area contributed by atoms with Crippen LogP contribution >= 0.6 is 0 Å². The lowest BCUT2D eigenvalue weighted by Crippen LogP contribution is -2.33. The van der Waals surface area contributed by atoms with Crippen LogP contribution in [0.3, 0.4) is 0 Å². The number of fused-ring (bicyclic) bond motifs is 1. The molecular formula is C20H21F3N4O. The number of hydrogen-bond donors (Lipinski definition) is 1. The molecule has 1 aliphatic carbocycles. The molecule has 0 bridgehead atoms. The predicted octanol–water partition coefficient (Wildman–Crippen LogP) is 4.69. The van der Waals surface area contributed by atoms with Gasteiger partial charge in [-0.25, -0.2) is 4.68 Å². The van der Waals surface area contributed by atoms with E-state index in [9.17, 15) is 18.0 Å². The van der Waals surface area contributed by atoms with Crippen molar-refractivity contribution in [3.05, 3.63) is 52.5 Å². The Hall–Kier alpha value is -2.64. The molecule has 1 aromatic heterocycles. The van der Waals surface area contributed by atoms with E-state index in [0.717, 1.165) is 11.1 Å². The standard InChI is InChI=1S/C20H21F3N4O/c1-10(2)12-4-6-13(7-5-12)17-16-14(8-11(3)9-15(16)28)24-19-25-18(20(21,22)23)26-27(17)19/h4-7,10-11,17H,8-9H2,1-3H3,(H,24,25,26)/t11-,17+/m0/s1. The quantitative estimate of drug-likeness (QED) is 0.808. The van der Waals surface area contributed by atoms with Gasteiger partial charge in [0, 0.05) is 17.7 Å². The third-order valence-corrected chi connectivity index (χ3v) is 5.30. The molecule has 0 unspecified atom stereocenters. The molecule has 0 fully saturated rings. The van der Waals surface area contributed by atoms with Crippen LogP contribution in [0.1, 0.15) is 62.5 Å². The van der Waals surface area contributed by atoms with E-state index < -0.39 is 18.0 Å². The highest BCUT2D eigenvalue weighted by atomic mass is 19.4. The van der Waals surface area contributed by atoms with Gasteiger partial charge in [-0.2, -0.15) is 18.2 Å². The highest BCUT2D eigenvalue weighted by molar-refractivity contribution is 5.99. The molecule has 2 atom stereocenters. The number of ketones is 1. The fraction of sp³-hybridized carbons (Fsp3) is 0.450. The maximum Gasteiger partial charge on any atom is 0.453 e. The van der Waals surface area contributed by atoms with E-state index in [1.807, 2.05) is 31.2 Å². The Morgan fingerprint density at radius 3 is 2.46 bits per heavy atom. The fourth-order valence-electron chi connectivity index (χ4n) is 3.90. The first kappa shape index (κ1) is 18.7. The van der Waals surface area contributed by atoms with Crippen LogP contribution in [0.15, 0.2) is 35.5 Å². The largest absolute Gasteiger partial charge is 0.453 e. The van der Waals surface area contributed by atoms with Crippen LogP contribution in [-0.2, 0) is 11.0 Å². The van der Waals surface area contributed by atoms with E-state index >= 15 is 0 Å². The zero-order valence-electron chi connectivity index (χ0n) is 15.8. The van der Waals surface area contributed by atoms with E-state index in [2.05, 4.69) is 29.2 Å². The minimum Gasteiger partial charge on any atom is -0.328 e. The maximum atomic E-state index is 13.2. The molecular weight excluding hydrogens is 369 g/mol. The zero-order valence-corrected chi connectivity index (χ0v) is 15.8. The highest BCUT2D eigenvalue weighted by Gasteiger charge is 2.42. The molecule has 5 nitrogen and oxygen atoms in total. The van der Waals surface area contributed by atoms with Gasteiger partial charge in [-0.1, -0.05) is 45.0 Å². The third-order valence-electron chi connectivity index (χ3n) is 5.30. The van der Waals surface area contributed by atoms with Crippen molar-refractivity contribution in [2.75, 3.05) is 5.32 Å². The van der Waals surface area contributed by atoms with E-state index in [4.69, 9.17) is 0 Å². The molecule has 8 heteroatoms. The molecule has 1 aromatic carbocycles. The van der Waals surface area contributed by atoms with Crippen molar-refractivity contribution in [2.45, 2.75) is 51.7 Å². The molecule has 4 rings (SSSR count). The summed E-state index contributed by atoms with van der Waals surface area (Å²) in [6, 6.07) is 6.90. The van der Waals surface area contributed by atoms with Crippen molar-refractivity contribution >= 4 is 11.7 Å². The Balaban J connectivity index is 1.87. The van der Waals surface area contributed by atoms with Crippen molar-refractivity contribution in [1.82, 2.24) is 14.8 Å². The van der Waals surface area contributed by atoms with Crippen molar-refractivity contribution in [2.24, 2.45) is 5.92 Å². The normalized spacial score (nSPS) is 22.2. The molecule has 0 saturated carbocycles. The first-order valence-corrected chi connectivity index (χ1v) is 9.32. The Bertz CT molecular complexity index is 957. The SMILES string of the molecule is CC(C)c1ccc([C@@H]2C3=C(C[C@H](C)CC3=O)Nc3nc(C(F)(F)F)nn32)cc1. The summed E-state index contributed by atoms with van der Waals surface area (Å²) >= 11 is 0. The lowest BCUT2D eigenvalue weighted by molar-refractivity contribution is -0.145. The van der Waals surface area contributed by atoms with Crippen LogP contribution in [0.4, 0.5) is 19.1 Å². The molecule has 2 aliphatic rings. The fourth-order valence-corrected chi connectivity index (χ4v) is 3.90. The summed E-state index contributed by atoms with van der Waals surface area (Å²) in [5, 5.41) is 6.64. The van der Waals surface area contributed by atoms with Crippen LogP contribution in [0, 0.1) is 5.92 Å². The van der Waals surface area contributed by atoms with Gasteiger partial charge in [-0.05, 0) is 29.4 Å². The third kappa shape index (κ3) is 3.10. The summed E-state index contributed by atoms with van der Waals surface area (Å²) < 4.78 is 40.8. The van der Waals surface area contributed by atoms with Gasteiger partial charge in [-0.15, -0.1) is 5.10 Å². The number of Topliss-reactive ketones (excluding diaryl/α,β-unsaturated/α-hetero) is 1. The molecule has 1 N–H and O–H groups in total. The number of carbonyl (C=O) groups is 1. The molecule has 0 amide bonds. The molecule has 148 valence electrons. The lowest BCUT2D eigenvalue weighted by atomic mass is 9.81. The van der Waals surface area contributed by atoms with Crippen molar-refractivity contribution < 1.29 is 18.0 Å². The molecule has 1 aliphatic heterocycles. The summed E-state index contributed by atoms with van der Waals surface area (Å²) in [6.07, 6.45) is -3.69. The van der Waals surface area contributed by atoms with Gasteiger partial charge < -0.3 is 5.32 Å². The topological polar surface area (TPSA) is 59.8 Å². The van der Waals surface area contributed by atoms with Gasteiger partial charge in [0.15, 0.2) is 5.78 Å². The number of aromatic nitrogens is 3. The average molecular weight is 390 g/mol. The van der Waals surface area contributed by atoms with Crippen LogP contribution in [0.25, 0.3) is 0 Å². The van der Waals surface area contributed by atoms with Crippen LogP contribution < -0.4 is 5.32 Å². The van der Waals surface area contributed by atoms with Gasteiger partial charge >= 0.3 is 6.18 Å². The van der Waals surface area contributed by atoms with Crippen molar-refractivity contribution in [1.29, 1.82) is 0 Å². The average Bonchev–Trinajstić information content (AvgIpc) is 3.03. The number of anilines is 1. The van der Waals surface area contributed by atoms with Gasteiger partial charge in [0.25, 0.3) is 5.82 Å². The summed E-state index contributed by atoms with van der Waals surface area (Å²) in [7, 11) is 0. The number of alkyl halides is 3. The van der Waals surface area contributed by atoms with Crippen LogP contribution in [0.2, 0.25) is 0 Å². The number of rotatable bonds is 2. The Kier molecular flexibility index (Phi) is 4.32. The van der Waals surface area contributed by atoms with Gasteiger partial charge in [0.2, 0.25) is 5.95 Å². The molecule has 2 heterocycles. The second-order valence-corrected chi connectivity index (χ2v) is 7.88. The van der Waals surface area contributed by atoms with Crippen molar-refractivity contribution in [3.63, 3.8) is 0 Å². The van der Waals surface area contributed by atoms with E-state index in [1.54, 1.807) is 0 Å². The highest BCUT2D eigenvalue weighted by Crippen LogP contribution is 2.42. The summed E-state index contributed by atoms with van der Waals surface area (Å²) in [5.41, 5.74) is 2.98. The summed E-state index contributed by atoms with van der Waals surface area (Å²) in [6.45, 7) is 6.09. The first-order chi connectivity index (χ1) is 13.1. The molecule has 2 aromatic rings. The van der Waals surface area contributed by atoms with E-state index in [1.165, 1.54) is 4.68 Å². The molecule has 0 spiro atoms. The number of nitrogens with zero attached hydrogens (tertiary/aromatic N) is 3. The number of benzene rings is 1. The van der Waals surface area contributed by atoms with E-state index in [0.29, 0.717) is 30.0 Å². The zero-order chi connectivity index (χ0) is 20.2. The number of hydrogen-bond acceptors (Lipinski definition) is 4. The number of allylic oxidation sites excluding steroid dienone is 2. The minimum atomic E-state index is -4.66. The van der Waals surface area contributed by atoms with Gasteiger partial charge in [-0.3, -0.25) is 4.79 Å². The monoisotopic (exact) mass is 390 g/mol. The maximum absolute atomic E-state index is 13.2. The van der Waals surface area contributed by atoms with E-state index in [-0.39, 0.29) is 17.6 Å². The number of halogens is 3. The van der Waals surface area contributed by atoms with Crippen LogP contribution in [0.5, 0.6) is 0 Å². The molecule has 28 heavy (non-hydrogen) atoms. The van der Waals surface area contributed by atoms with Crippen LogP contribution in [-0.4, -0.2) is 20.5 Å². The first-order valence-electron chi connectivity index (χ1n) is 9.32. The van der Waals surface area contributed by atoms with Crippen molar-refractivity contribution in [3.8, 4) is 0 Å². The Labute approximate surface area is 160 Å².